The number of nitrogens with one attached hydrogen (secondary N) is 1. The van der Waals surface area contributed by atoms with Crippen LogP contribution in [-0.2, 0) is 4.74 Å². The molecule has 3 atom stereocenters. The number of nitrogen functional groups attached to an aromatic ring is 1. The maximum Gasteiger partial charge on any atom is 0.263 e. The number of anilines is 1. The van der Waals surface area contributed by atoms with E-state index in [4.69, 9.17) is 16.2 Å². The molecule has 8 nitrogen and oxygen atoms in total. The molecule has 0 radical (unpaired) electrons. The van der Waals surface area contributed by atoms with E-state index < -0.39 is 12.3 Å². The zero-order valence-corrected chi connectivity index (χ0v) is 14.9. The SMILES string of the molecule is CC[C@@H]1CC(O)[C@H](n2cc(C#CCCCCN)c3c(=O)[nH]c(N)nc32)O1. The van der Waals surface area contributed by atoms with Crippen LogP contribution in [0, 0.1) is 11.8 Å². The van der Waals surface area contributed by atoms with Crippen molar-refractivity contribution >= 4 is 17.0 Å². The highest BCUT2D eigenvalue weighted by atomic mass is 16.5. The minimum Gasteiger partial charge on any atom is -0.388 e. The number of aromatic amines is 1. The fraction of sp³-hybridized carbons (Fsp3) is 0.556. The van der Waals surface area contributed by atoms with Gasteiger partial charge in [-0.2, -0.15) is 4.98 Å². The van der Waals surface area contributed by atoms with Gasteiger partial charge in [0.2, 0.25) is 5.95 Å². The van der Waals surface area contributed by atoms with E-state index in [1.807, 2.05) is 6.92 Å². The van der Waals surface area contributed by atoms with E-state index in [1.54, 1.807) is 10.8 Å². The number of unbranched alkanes of at least 4 members (excludes halogenated alkanes) is 2. The monoisotopic (exact) mass is 359 g/mol. The molecule has 0 aliphatic carbocycles. The van der Waals surface area contributed by atoms with Crippen molar-refractivity contribution in [2.24, 2.45) is 5.73 Å². The molecule has 1 fully saturated rings. The minimum absolute atomic E-state index is 0.0174. The molecule has 2 aromatic rings. The second-order valence-electron chi connectivity index (χ2n) is 6.51. The highest BCUT2D eigenvalue weighted by Gasteiger charge is 2.35. The quantitative estimate of drug-likeness (QED) is 0.462. The Bertz CT molecular complexity index is 892. The minimum atomic E-state index is -0.678. The first-order valence-electron chi connectivity index (χ1n) is 8.98. The van der Waals surface area contributed by atoms with Gasteiger partial charge in [-0.3, -0.25) is 9.78 Å². The summed E-state index contributed by atoms with van der Waals surface area (Å²) in [5, 5.41) is 10.7. The van der Waals surface area contributed by atoms with Gasteiger partial charge in [0.25, 0.3) is 5.56 Å². The third-order valence-electron chi connectivity index (χ3n) is 4.57. The van der Waals surface area contributed by atoms with E-state index in [0.717, 1.165) is 19.3 Å². The van der Waals surface area contributed by atoms with Crippen LogP contribution in [-0.4, -0.2) is 38.4 Å². The predicted molar refractivity (Wildman–Crippen MR) is 99.4 cm³/mol. The maximum atomic E-state index is 12.4. The third kappa shape index (κ3) is 3.60. The lowest BCUT2D eigenvalue weighted by Crippen LogP contribution is -2.20. The lowest BCUT2D eigenvalue weighted by molar-refractivity contribution is -0.0352. The molecule has 0 saturated carbocycles. The zero-order valence-electron chi connectivity index (χ0n) is 14.9. The standard InChI is InChI=1S/C18H25N5O3/c1-2-12-9-13(24)17(26-12)23-10-11(7-5-3-4-6-8-19)14-15(23)21-18(20)22-16(14)25/h10,12-13,17,24H,2-4,6,8-9,19H2,1H3,(H3,20,21,22,25)/t12-,13?,17-/m1/s1. The predicted octanol–water partition coefficient (Wildman–Crippen LogP) is 0.846. The lowest BCUT2D eigenvalue weighted by atomic mass is 10.1. The Kier molecular flexibility index (Phi) is 5.61. The number of fused-ring (bicyclic) bond motifs is 1. The van der Waals surface area contributed by atoms with E-state index in [0.29, 0.717) is 36.0 Å². The molecule has 8 heteroatoms. The van der Waals surface area contributed by atoms with Gasteiger partial charge in [0.1, 0.15) is 6.10 Å². The van der Waals surface area contributed by atoms with E-state index in [9.17, 15) is 9.90 Å². The van der Waals surface area contributed by atoms with Crippen molar-refractivity contribution < 1.29 is 9.84 Å². The first-order chi connectivity index (χ1) is 12.5. The van der Waals surface area contributed by atoms with Crippen molar-refractivity contribution in [2.75, 3.05) is 12.3 Å². The number of nitrogens with two attached hydrogens (primary N) is 2. The van der Waals surface area contributed by atoms with Crippen molar-refractivity contribution in [3.05, 3.63) is 22.1 Å². The number of aliphatic hydroxyl groups is 1. The molecule has 1 saturated heterocycles. The number of ether oxygens (including phenoxy) is 1. The second kappa shape index (κ2) is 7.91. The van der Waals surface area contributed by atoms with Crippen LogP contribution in [0.4, 0.5) is 5.95 Å². The topological polar surface area (TPSA) is 132 Å². The van der Waals surface area contributed by atoms with E-state index >= 15 is 0 Å². The number of nitrogens with zero attached hydrogens (tertiary/aromatic N) is 2. The highest BCUT2D eigenvalue weighted by Crippen LogP contribution is 2.33. The van der Waals surface area contributed by atoms with Crippen molar-refractivity contribution in [2.45, 2.75) is 57.5 Å². The molecule has 26 heavy (non-hydrogen) atoms. The van der Waals surface area contributed by atoms with Crippen LogP contribution in [0.3, 0.4) is 0 Å². The molecule has 1 unspecified atom stereocenters. The van der Waals surface area contributed by atoms with Gasteiger partial charge in [0.15, 0.2) is 11.9 Å². The normalized spacial score (nSPS) is 22.5. The first-order valence-corrected chi connectivity index (χ1v) is 8.98. The van der Waals surface area contributed by atoms with Crippen LogP contribution in [0.2, 0.25) is 0 Å². The average molecular weight is 359 g/mol. The van der Waals surface area contributed by atoms with Gasteiger partial charge in [-0.15, -0.1) is 0 Å². The number of H-pyrrole nitrogens is 1. The van der Waals surface area contributed by atoms with Gasteiger partial charge in [-0.25, -0.2) is 0 Å². The Labute approximate surface area is 151 Å². The van der Waals surface area contributed by atoms with Gasteiger partial charge >= 0.3 is 0 Å². The molecule has 140 valence electrons. The van der Waals surface area contributed by atoms with Crippen LogP contribution in [0.5, 0.6) is 0 Å². The van der Waals surface area contributed by atoms with Crippen LogP contribution >= 0.6 is 0 Å². The van der Waals surface area contributed by atoms with Gasteiger partial charge in [0, 0.05) is 19.0 Å². The molecule has 1 aliphatic rings. The Hall–Kier alpha value is -2.34. The van der Waals surface area contributed by atoms with Crippen molar-refractivity contribution in [3.8, 4) is 11.8 Å². The summed E-state index contributed by atoms with van der Waals surface area (Å²) in [7, 11) is 0. The van der Waals surface area contributed by atoms with Crippen molar-refractivity contribution in [1.82, 2.24) is 14.5 Å². The van der Waals surface area contributed by atoms with E-state index in [2.05, 4.69) is 21.8 Å². The molecule has 2 aromatic heterocycles. The molecule has 3 rings (SSSR count). The first kappa shape index (κ1) is 18.5. The average Bonchev–Trinajstić information content (AvgIpc) is 3.15. The van der Waals surface area contributed by atoms with Crippen LogP contribution < -0.4 is 17.0 Å². The third-order valence-corrected chi connectivity index (χ3v) is 4.57. The summed E-state index contributed by atoms with van der Waals surface area (Å²) >= 11 is 0. The Morgan fingerprint density at radius 2 is 2.31 bits per heavy atom. The summed E-state index contributed by atoms with van der Waals surface area (Å²) in [6, 6.07) is 0. The largest absolute Gasteiger partial charge is 0.388 e. The fourth-order valence-corrected chi connectivity index (χ4v) is 3.22. The molecule has 0 bridgehead atoms. The summed E-state index contributed by atoms with van der Waals surface area (Å²) in [5.74, 6) is 6.13. The van der Waals surface area contributed by atoms with E-state index in [-0.39, 0.29) is 17.6 Å². The number of aliphatic hydroxyl groups excluding tert-OH is 1. The summed E-state index contributed by atoms with van der Waals surface area (Å²) in [4.78, 5) is 19.2. The molecule has 3 heterocycles. The number of hydrogen-bond acceptors (Lipinski definition) is 6. The van der Waals surface area contributed by atoms with Crippen molar-refractivity contribution in [3.63, 3.8) is 0 Å². The molecule has 1 aliphatic heterocycles. The van der Waals surface area contributed by atoms with Crippen LogP contribution in [0.1, 0.15) is 50.8 Å². The van der Waals surface area contributed by atoms with Gasteiger partial charge in [-0.05, 0) is 25.8 Å². The second-order valence-corrected chi connectivity index (χ2v) is 6.51. The molecular formula is C18H25N5O3. The van der Waals surface area contributed by atoms with Crippen LogP contribution in [0.25, 0.3) is 11.0 Å². The summed E-state index contributed by atoms with van der Waals surface area (Å²) in [5.41, 5.74) is 11.8. The highest BCUT2D eigenvalue weighted by molar-refractivity contribution is 5.83. The summed E-state index contributed by atoms with van der Waals surface area (Å²) in [6.07, 6.45) is 4.27. The summed E-state index contributed by atoms with van der Waals surface area (Å²) < 4.78 is 7.60. The summed E-state index contributed by atoms with van der Waals surface area (Å²) in [6.45, 7) is 2.64. The number of hydrogen-bond donors (Lipinski definition) is 4. The number of aromatic nitrogens is 3. The number of rotatable bonds is 5. The van der Waals surface area contributed by atoms with E-state index in [1.165, 1.54) is 0 Å². The van der Waals surface area contributed by atoms with Gasteiger partial charge in [-0.1, -0.05) is 18.8 Å². The molecule has 0 spiro atoms. The van der Waals surface area contributed by atoms with Gasteiger partial charge < -0.3 is 25.9 Å². The van der Waals surface area contributed by atoms with Gasteiger partial charge in [0.05, 0.1) is 17.1 Å². The Morgan fingerprint density at radius 3 is 3.00 bits per heavy atom. The zero-order chi connectivity index (χ0) is 18.7. The molecule has 6 N–H and O–H groups in total. The smallest absolute Gasteiger partial charge is 0.263 e. The van der Waals surface area contributed by atoms with Crippen LogP contribution in [0.15, 0.2) is 11.0 Å². The lowest BCUT2D eigenvalue weighted by Gasteiger charge is -2.17. The Morgan fingerprint density at radius 1 is 1.50 bits per heavy atom. The Balaban J connectivity index is 2.02. The maximum absolute atomic E-state index is 12.4. The fourth-order valence-electron chi connectivity index (χ4n) is 3.22. The molecule has 0 amide bonds. The van der Waals surface area contributed by atoms with Crippen molar-refractivity contribution in [1.29, 1.82) is 0 Å². The molecular weight excluding hydrogens is 334 g/mol. The molecule has 0 aromatic carbocycles.